The topological polar surface area (TPSA) is 81.5 Å². The first-order valence-corrected chi connectivity index (χ1v) is 11.2. The van der Waals surface area contributed by atoms with E-state index in [0.717, 1.165) is 11.3 Å². The summed E-state index contributed by atoms with van der Waals surface area (Å²) in [5.41, 5.74) is 1.51. The molecule has 0 N–H and O–H groups in total. The maximum absolute atomic E-state index is 13.0. The minimum atomic E-state index is -0.517. The van der Waals surface area contributed by atoms with Crippen LogP contribution < -0.4 is 19.8 Å². The molecular weight excluding hydrogens is 436 g/mol. The van der Waals surface area contributed by atoms with Gasteiger partial charge in [0.25, 0.3) is 0 Å². The van der Waals surface area contributed by atoms with Crippen molar-refractivity contribution in [3.05, 3.63) is 52.7 Å². The predicted molar refractivity (Wildman–Crippen MR) is 131 cm³/mol. The van der Waals surface area contributed by atoms with Crippen molar-refractivity contribution in [2.75, 3.05) is 45.3 Å². The van der Waals surface area contributed by atoms with E-state index in [-0.39, 0.29) is 11.5 Å². The molecule has 1 fully saturated rings. The summed E-state index contributed by atoms with van der Waals surface area (Å²) in [5, 5.41) is 0.510. The molecule has 1 saturated heterocycles. The highest BCUT2D eigenvalue weighted by atomic mass is 16.6. The largest absolute Gasteiger partial charge is 0.493 e. The Balaban J connectivity index is 1.54. The second kappa shape index (κ2) is 9.29. The first-order chi connectivity index (χ1) is 16.2. The van der Waals surface area contributed by atoms with E-state index < -0.39 is 5.60 Å². The molecule has 1 aliphatic rings. The van der Waals surface area contributed by atoms with Gasteiger partial charge in [-0.05, 0) is 57.2 Å². The monoisotopic (exact) mass is 466 g/mol. The Morgan fingerprint density at radius 3 is 2.26 bits per heavy atom. The number of benzene rings is 2. The maximum Gasteiger partial charge on any atom is 0.410 e. The molecule has 1 amide bonds. The van der Waals surface area contributed by atoms with Crippen LogP contribution in [-0.2, 0) is 4.74 Å². The number of rotatable bonds is 4. The van der Waals surface area contributed by atoms with Gasteiger partial charge >= 0.3 is 6.09 Å². The van der Waals surface area contributed by atoms with Crippen LogP contribution in [0, 0.1) is 0 Å². The SMILES string of the molecule is COc1ccc(-c2cc(=O)c3cc(N4CCN(C(=O)OC(C)(C)C)CC4)ccc3o2)cc1OC. The van der Waals surface area contributed by atoms with Crippen molar-refractivity contribution < 1.29 is 23.4 Å². The first-order valence-electron chi connectivity index (χ1n) is 11.2. The van der Waals surface area contributed by atoms with Gasteiger partial charge in [-0.2, -0.15) is 0 Å². The lowest BCUT2D eigenvalue weighted by atomic mass is 10.1. The molecule has 0 aliphatic carbocycles. The molecule has 4 rings (SSSR count). The Hall–Kier alpha value is -3.68. The molecule has 2 aromatic carbocycles. The summed E-state index contributed by atoms with van der Waals surface area (Å²) < 4.78 is 22.2. The molecule has 2 heterocycles. The normalized spacial score (nSPS) is 14.3. The van der Waals surface area contributed by atoms with Gasteiger partial charge in [0.05, 0.1) is 19.6 Å². The molecular formula is C26H30N2O6. The van der Waals surface area contributed by atoms with E-state index in [0.29, 0.717) is 54.4 Å². The van der Waals surface area contributed by atoms with Crippen molar-refractivity contribution in [2.24, 2.45) is 0 Å². The number of methoxy groups -OCH3 is 2. The number of nitrogens with zero attached hydrogens (tertiary/aromatic N) is 2. The molecule has 0 saturated carbocycles. The quantitative estimate of drug-likeness (QED) is 0.559. The molecule has 3 aromatic rings. The number of anilines is 1. The summed E-state index contributed by atoms with van der Waals surface area (Å²) >= 11 is 0. The second-order valence-corrected chi connectivity index (χ2v) is 9.18. The van der Waals surface area contributed by atoms with E-state index in [1.54, 1.807) is 31.3 Å². The van der Waals surface area contributed by atoms with Crippen molar-refractivity contribution >= 4 is 22.7 Å². The Morgan fingerprint density at radius 2 is 1.62 bits per heavy atom. The third-order valence-corrected chi connectivity index (χ3v) is 5.68. The van der Waals surface area contributed by atoms with Crippen molar-refractivity contribution in [1.29, 1.82) is 0 Å². The van der Waals surface area contributed by atoms with Crippen LogP contribution in [0.5, 0.6) is 11.5 Å². The molecule has 0 atom stereocenters. The van der Waals surface area contributed by atoms with Gasteiger partial charge in [-0.25, -0.2) is 4.79 Å². The highest BCUT2D eigenvalue weighted by Gasteiger charge is 2.26. The molecule has 180 valence electrons. The minimum Gasteiger partial charge on any atom is -0.493 e. The van der Waals surface area contributed by atoms with Gasteiger partial charge in [0.2, 0.25) is 0 Å². The summed E-state index contributed by atoms with van der Waals surface area (Å²) in [6.45, 7) is 7.99. The lowest BCUT2D eigenvalue weighted by Crippen LogP contribution is -2.50. The molecule has 0 spiro atoms. The number of amides is 1. The van der Waals surface area contributed by atoms with Gasteiger partial charge < -0.3 is 28.4 Å². The molecule has 8 heteroatoms. The third-order valence-electron chi connectivity index (χ3n) is 5.68. The molecule has 1 aromatic heterocycles. The lowest BCUT2D eigenvalue weighted by Gasteiger charge is -2.36. The molecule has 1 aliphatic heterocycles. The van der Waals surface area contributed by atoms with Crippen LogP contribution in [0.2, 0.25) is 0 Å². The van der Waals surface area contributed by atoms with Crippen LogP contribution in [0.3, 0.4) is 0 Å². The van der Waals surface area contributed by atoms with Crippen molar-refractivity contribution in [3.8, 4) is 22.8 Å². The van der Waals surface area contributed by atoms with Gasteiger partial charge in [0.15, 0.2) is 16.9 Å². The Labute approximate surface area is 198 Å². The molecule has 0 unspecified atom stereocenters. The number of hydrogen-bond acceptors (Lipinski definition) is 7. The van der Waals surface area contributed by atoms with E-state index in [1.807, 2.05) is 45.0 Å². The van der Waals surface area contributed by atoms with Gasteiger partial charge in [-0.15, -0.1) is 0 Å². The number of ether oxygens (including phenoxy) is 3. The summed E-state index contributed by atoms with van der Waals surface area (Å²) in [7, 11) is 3.13. The van der Waals surface area contributed by atoms with Crippen LogP contribution in [0.15, 0.2) is 51.7 Å². The van der Waals surface area contributed by atoms with Crippen molar-refractivity contribution in [1.82, 2.24) is 4.90 Å². The molecule has 0 radical (unpaired) electrons. The third kappa shape index (κ3) is 4.95. The fraction of sp³-hybridized carbons (Fsp3) is 0.385. The predicted octanol–water partition coefficient (Wildman–Crippen LogP) is 4.53. The molecule has 34 heavy (non-hydrogen) atoms. The average Bonchev–Trinajstić information content (AvgIpc) is 2.82. The zero-order chi connectivity index (χ0) is 24.5. The number of carbonyl (C=O) groups excluding carboxylic acids is 1. The lowest BCUT2D eigenvalue weighted by molar-refractivity contribution is 0.0240. The van der Waals surface area contributed by atoms with E-state index >= 15 is 0 Å². The zero-order valence-corrected chi connectivity index (χ0v) is 20.2. The fourth-order valence-electron chi connectivity index (χ4n) is 3.95. The van der Waals surface area contributed by atoms with Crippen LogP contribution in [0.1, 0.15) is 20.8 Å². The Kier molecular flexibility index (Phi) is 6.41. The van der Waals surface area contributed by atoms with Crippen LogP contribution in [0.25, 0.3) is 22.3 Å². The van der Waals surface area contributed by atoms with Gasteiger partial charge in [0, 0.05) is 43.5 Å². The summed E-state index contributed by atoms with van der Waals surface area (Å²) in [6.07, 6.45) is -0.297. The van der Waals surface area contributed by atoms with Gasteiger partial charge in [0.1, 0.15) is 16.9 Å². The van der Waals surface area contributed by atoms with E-state index in [4.69, 9.17) is 18.6 Å². The zero-order valence-electron chi connectivity index (χ0n) is 20.2. The number of fused-ring (bicyclic) bond motifs is 1. The van der Waals surface area contributed by atoms with Crippen LogP contribution in [-0.4, -0.2) is 57.0 Å². The standard InChI is InChI=1S/C26H30N2O6/c1-26(2,3)34-25(30)28-12-10-27(11-13-28)18-7-9-21-19(15-18)20(29)16-23(33-21)17-6-8-22(31-4)24(14-17)32-5/h6-9,14-16H,10-13H2,1-5H3. The van der Waals surface area contributed by atoms with Crippen LogP contribution in [0.4, 0.5) is 10.5 Å². The highest BCUT2D eigenvalue weighted by molar-refractivity contribution is 5.83. The first kappa shape index (κ1) is 23.5. The molecule has 0 bridgehead atoms. The number of carbonyl (C=O) groups is 1. The van der Waals surface area contributed by atoms with E-state index in [9.17, 15) is 9.59 Å². The van der Waals surface area contributed by atoms with E-state index in [2.05, 4.69) is 4.90 Å². The maximum atomic E-state index is 13.0. The molecule has 8 nitrogen and oxygen atoms in total. The summed E-state index contributed by atoms with van der Waals surface area (Å²) in [4.78, 5) is 29.1. The number of hydrogen-bond donors (Lipinski definition) is 0. The minimum absolute atomic E-state index is 0.125. The van der Waals surface area contributed by atoms with Crippen LogP contribution >= 0.6 is 0 Å². The fourth-order valence-corrected chi connectivity index (χ4v) is 3.95. The van der Waals surface area contributed by atoms with Crippen molar-refractivity contribution in [3.63, 3.8) is 0 Å². The summed E-state index contributed by atoms with van der Waals surface area (Å²) in [6, 6.07) is 12.5. The number of piperazine rings is 1. The van der Waals surface area contributed by atoms with Gasteiger partial charge in [-0.3, -0.25) is 4.79 Å². The van der Waals surface area contributed by atoms with Gasteiger partial charge in [-0.1, -0.05) is 0 Å². The Morgan fingerprint density at radius 1 is 0.912 bits per heavy atom. The van der Waals surface area contributed by atoms with E-state index in [1.165, 1.54) is 6.07 Å². The second-order valence-electron chi connectivity index (χ2n) is 9.18. The smallest absolute Gasteiger partial charge is 0.410 e. The summed E-state index contributed by atoms with van der Waals surface area (Å²) in [5.74, 6) is 1.62. The average molecular weight is 467 g/mol. The van der Waals surface area contributed by atoms with Crippen molar-refractivity contribution in [2.45, 2.75) is 26.4 Å². The Bertz CT molecular complexity index is 1250. The highest BCUT2D eigenvalue weighted by Crippen LogP contribution is 2.33.